The summed E-state index contributed by atoms with van der Waals surface area (Å²) < 4.78 is 0. The van der Waals surface area contributed by atoms with Crippen molar-refractivity contribution in [2.75, 3.05) is 20.1 Å². The second kappa shape index (κ2) is 4.75. The van der Waals surface area contributed by atoms with Gasteiger partial charge >= 0.3 is 0 Å². The first-order valence-electron chi connectivity index (χ1n) is 6.68. The van der Waals surface area contributed by atoms with Crippen LogP contribution in [0.25, 0.3) is 0 Å². The molecule has 3 heteroatoms. The summed E-state index contributed by atoms with van der Waals surface area (Å²) in [7, 11) is 2.11. The summed E-state index contributed by atoms with van der Waals surface area (Å²) in [6, 6.07) is 5.57. The summed E-state index contributed by atoms with van der Waals surface area (Å²) in [4.78, 5) is 6.89. The molecule has 0 aliphatic carbocycles. The first kappa shape index (κ1) is 11.2. The lowest BCUT2D eigenvalue weighted by molar-refractivity contribution is 0.0164. The smallest absolute Gasteiger partial charge is 0.0300 e. The zero-order valence-corrected chi connectivity index (χ0v) is 10.5. The van der Waals surface area contributed by atoms with Crippen LogP contribution in [0.1, 0.15) is 18.4 Å². The van der Waals surface area contributed by atoms with Crippen LogP contribution in [0.2, 0.25) is 0 Å². The molecular weight excluding hydrogens is 210 g/mol. The largest absolute Gasteiger partial charge is 0.315 e. The number of piperidine rings is 3. The van der Waals surface area contributed by atoms with E-state index in [1.807, 2.05) is 18.5 Å². The van der Waals surface area contributed by atoms with Crippen LogP contribution in [0.5, 0.6) is 0 Å². The second-order valence-electron chi connectivity index (χ2n) is 5.32. The third-order valence-electron chi connectivity index (χ3n) is 4.47. The molecule has 0 spiro atoms. The number of likely N-dealkylation sites (N-methyl/N-ethyl adjacent to an activating group) is 1. The van der Waals surface area contributed by atoms with Gasteiger partial charge in [0.05, 0.1) is 0 Å². The lowest BCUT2D eigenvalue weighted by Gasteiger charge is -2.51. The average molecular weight is 231 g/mol. The molecule has 4 heterocycles. The maximum Gasteiger partial charge on any atom is 0.0300 e. The first-order valence-corrected chi connectivity index (χ1v) is 6.68. The van der Waals surface area contributed by atoms with Crippen molar-refractivity contribution in [3.8, 4) is 0 Å². The van der Waals surface area contributed by atoms with Crippen LogP contribution >= 0.6 is 0 Å². The fourth-order valence-electron chi connectivity index (χ4n) is 3.60. The Morgan fingerprint density at radius 1 is 1.41 bits per heavy atom. The zero-order valence-electron chi connectivity index (χ0n) is 10.5. The maximum absolute atomic E-state index is 4.22. The van der Waals surface area contributed by atoms with Crippen LogP contribution in [0.15, 0.2) is 24.5 Å². The molecule has 3 fully saturated rings. The van der Waals surface area contributed by atoms with E-state index >= 15 is 0 Å². The molecule has 3 saturated heterocycles. The molecule has 2 unspecified atom stereocenters. The van der Waals surface area contributed by atoms with Crippen LogP contribution < -0.4 is 5.32 Å². The fraction of sp³-hybridized carbons (Fsp3) is 0.643. The van der Waals surface area contributed by atoms with Gasteiger partial charge in [-0.15, -0.1) is 0 Å². The molecule has 2 bridgehead atoms. The highest BCUT2D eigenvalue weighted by Crippen LogP contribution is 2.33. The van der Waals surface area contributed by atoms with Crippen molar-refractivity contribution in [2.45, 2.75) is 31.3 Å². The summed E-state index contributed by atoms with van der Waals surface area (Å²) in [5.74, 6) is 0.881. The number of rotatable bonds is 3. The predicted molar refractivity (Wildman–Crippen MR) is 68.9 cm³/mol. The minimum absolute atomic E-state index is 0.664. The van der Waals surface area contributed by atoms with Crippen molar-refractivity contribution in [1.82, 2.24) is 15.2 Å². The topological polar surface area (TPSA) is 28.2 Å². The Bertz CT molecular complexity index is 357. The minimum atomic E-state index is 0.664. The number of hydrogen-bond donors (Lipinski definition) is 1. The molecule has 4 rings (SSSR count). The third kappa shape index (κ3) is 2.09. The highest BCUT2D eigenvalue weighted by atomic mass is 15.2. The van der Waals surface area contributed by atoms with Crippen LogP contribution in [0.3, 0.4) is 0 Å². The highest BCUT2D eigenvalue weighted by Gasteiger charge is 2.40. The number of hydrogen-bond acceptors (Lipinski definition) is 3. The third-order valence-corrected chi connectivity index (χ3v) is 4.47. The van der Waals surface area contributed by atoms with Gasteiger partial charge in [-0.25, -0.2) is 0 Å². The van der Waals surface area contributed by atoms with Crippen molar-refractivity contribution in [3.05, 3.63) is 30.1 Å². The number of fused-ring (bicyclic) bond motifs is 3. The van der Waals surface area contributed by atoms with Gasteiger partial charge < -0.3 is 5.32 Å². The molecule has 0 amide bonds. The number of pyridine rings is 1. The molecule has 3 nitrogen and oxygen atoms in total. The normalized spacial score (nSPS) is 36.1. The van der Waals surface area contributed by atoms with Gasteiger partial charge in [-0.2, -0.15) is 0 Å². The zero-order chi connectivity index (χ0) is 11.7. The van der Waals surface area contributed by atoms with Gasteiger partial charge in [0.25, 0.3) is 0 Å². The molecule has 1 aromatic heterocycles. The number of aromatic nitrogens is 1. The van der Waals surface area contributed by atoms with Gasteiger partial charge in [0.1, 0.15) is 0 Å². The van der Waals surface area contributed by atoms with Crippen LogP contribution in [0, 0.1) is 5.92 Å². The van der Waals surface area contributed by atoms with Gasteiger partial charge in [0.2, 0.25) is 0 Å². The van der Waals surface area contributed by atoms with E-state index in [-0.39, 0.29) is 0 Å². The molecule has 0 saturated carbocycles. The van der Waals surface area contributed by atoms with Crippen molar-refractivity contribution < 1.29 is 0 Å². The van der Waals surface area contributed by atoms with Crippen LogP contribution in [-0.2, 0) is 6.42 Å². The Morgan fingerprint density at radius 2 is 2.24 bits per heavy atom. The van der Waals surface area contributed by atoms with E-state index in [0.717, 1.165) is 12.3 Å². The van der Waals surface area contributed by atoms with Crippen molar-refractivity contribution in [3.63, 3.8) is 0 Å². The second-order valence-corrected chi connectivity index (χ2v) is 5.32. The standard InChI is InChI=1S/C14H21N3/c1-15-14-12-4-7-17(8-5-12)13(14)9-11-3-2-6-16-10-11/h2-3,6,10,12-15H,4-5,7-9H2,1H3. The predicted octanol–water partition coefficient (Wildman–Crippen LogP) is 1.31. The van der Waals surface area contributed by atoms with Crippen molar-refractivity contribution >= 4 is 0 Å². The number of nitrogens with zero attached hydrogens (tertiary/aromatic N) is 2. The van der Waals surface area contributed by atoms with E-state index in [1.54, 1.807) is 0 Å². The Labute approximate surface area is 103 Å². The lowest BCUT2D eigenvalue weighted by Crippen LogP contribution is -2.62. The fourth-order valence-corrected chi connectivity index (χ4v) is 3.60. The molecule has 0 radical (unpaired) electrons. The lowest BCUT2D eigenvalue weighted by atomic mass is 9.77. The monoisotopic (exact) mass is 231 g/mol. The molecule has 1 N–H and O–H groups in total. The van der Waals surface area contributed by atoms with E-state index < -0.39 is 0 Å². The molecule has 92 valence electrons. The molecule has 1 aromatic rings. The quantitative estimate of drug-likeness (QED) is 0.850. The van der Waals surface area contributed by atoms with Crippen molar-refractivity contribution in [2.24, 2.45) is 5.92 Å². The van der Waals surface area contributed by atoms with E-state index in [1.165, 1.54) is 31.5 Å². The molecule has 3 aliphatic heterocycles. The van der Waals surface area contributed by atoms with Crippen LogP contribution in [-0.4, -0.2) is 42.1 Å². The Kier molecular flexibility index (Phi) is 3.12. The van der Waals surface area contributed by atoms with Gasteiger partial charge in [0.15, 0.2) is 0 Å². The first-order chi connectivity index (χ1) is 8.38. The van der Waals surface area contributed by atoms with E-state index in [2.05, 4.69) is 28.3 Å². The molecule has 17 heavy (non-hydrogen) atoms. The van der Waals surface area contributed by atoms with Gasteiger partial charge in [0, 0.05) is 24.5 Å². The van der Waals surface area contributed by atoms with Gasteiger partial charge in [-0.3, -0.25) is 9.88 Å². The Balaban J connectivity index is 1.77. The minimum Gasteiger partial charge on any atom is -0.315 e. The SMILES string of the molecule is CNC1C2CCN(CC2)C1Cc1cccnc1. The maximum atomic E-state index is 4.22. The van der Waals surface area contributed by atoms with Gasteiger partial charge in [-0.05, 0) is 56.9 Å². The summed E-state index contributed by atoms with van der Waals surface area (Å²) in [6.07, 6.45) is 7.74. The molecular formula is C14H21N3. The van der Waals surface area contributed by atoms with E-state index in [4.69, 9.17) is 0 Å². The van der Waals surface area contributed by atoms with Crippen molar-refractivity contribution in [1.29, 1.82) is 0 Å². The Hall–Kier alpha value is -0.930. The Morgan fingerprint density at radius 3 is 2.88 bits per heavy atom. The van der Waals surface area contributed by atoms with Gasteiger partial charge in [-0.1, -0.05) is 6.07 Å². The summed E-state index contributed by atoms with van der Waals surface area (Å²) in [5.41, 5.74) is 1.37. The highest BCUT2D eigenvalue weighted by molar-refractivity contribution is 5.13. The summed E-state index contributed by atoms with van der Waals surface area (Å²) >= 11 is 0. The van der Waals surface area contributed by atoms with Crippen LogP contribution in [0.4, 0.5) is 0 Å². The summed E-state index contributed by atoms with van der Waals surface area (Å²) in [5, 5.41) is 3.54. The molecule has 0 aromatic carbocycles. The van der Waals surface area contributed by atoms with E-state index in [0.29, 0.717) is 12.1 Å². The average Bonchev–Trinajstić information content (AvgIpc) is 2.41. The van der Waals surface area contributed by atoms with E-state index in [9.17, 15) is 0 Å². The summed E-state index contributed by atoms with van der Waals surface area (Å²) in [6.45, 7) is 2.57. The molecule has 2 atom stereocenters. The molecule has 3 aliphatic rings. The number of nitrogens with one attached hydrogen (secondary N) is 1.